The lowest BCUT2D eigenvalue weighted by molar-refractivity contribution is 0.350. The van der Waals surface area contributed by atoms with E-state index in [1.807, 2.05) is 0 Å². The quantitative estimate of drug-likeness (QED) is 0.810. The van der Waals surface area contributed by atoms with Crippen LogP contribution in [-0.4, -0.2) is 29.7 Å². The largest absolute Gasteiger partial charge is 0.384 e. The van der Waals surface area contributed by atoms with E-state index in [9.17, 15) is 8.42 Å². The van der Waals surface area contributed by atoms with Crippen LogP contribution in [0.25, 0.3) is 0 Å². The van der Waals surface area contributed by atoms with Crippen LogP contribution in [-0.2, 0) is 17.1 Å². The molecule has 0 radical (unpaired) electrons. The monoisotopic (exact) mass is 291 g/mol. The highest BCUT2D eigenvalue weighted by Crippen LogP contribution is 2.14. The molecule has 0 unspecified atom stereocenters. The number of benzene rings is 1. The van der Waals surface area contributed by atoms with E-state index in [1.54, 1.807) is 35.9 Å². The van der Waals surface area contributed by atoms with Crippen molar-refractivity contribution in [2.75, 3.05) is 11.3 Å². The number of sulfonamides is 1. The Balaban J connectivity index is 2.17. The smallest absolute Gasteiger partial charge is 0.280 e. The van der Waals surface area contributed by atoms with Crippen molar-refractivity contribution in [1.29, 1.82) is 0 Å². The summed E-state index contributed by atoms with van der Waals surface area (Å²) in [6.45, 7) is -0.214. The third kappa shape index (κ3) is 3.38. The maximum atomic E-state index is 12.0. The van der Waals surface area contributed by atoms with E-state index in [-0.39, 0.29) is 11.6 Å². The minimum atomic E-state index is -3.68. The Kier molecular flexibility index (Phi) is 4.08. The standard InChI is InChI=1S/C13H13N3O3S/c1-16-9-13(14-10-16)20(18,19)15-12-6-4-11(5-7-12)3-2-8-17/h4-7,9-10,15,17H,8H2,1H3. The highest BCUT2D eigenvalue weighted by molar-refractivity contribution is 7.92. The zero-order chi connectivity index (χ0) is 14.6. The minimum Gasteiger partial charge on any atom is -0.384 e. The maximum absolute atomic E-state index is 12.0. The second-order valence-electron chi connectivity index (χ2n) is 4.02. The number of hydrogen-bond donors (Lipinski definition) is 2. The summed E-state index contributed by atoms with van der Waals surface area (Å²) in [4.78, 5) is 3.80. The predicted octanol–water partition coefficient (Wildman–Crippen LogP) is 0.565. The van der Waals surface area contributed by atoms with Crippen LogP contribution in [0.3, 0.4) is 0 Å². The second-order valence-corrected chi connectivity index (χ2v) is 5.65. The van der Waals surface area contributed by atoms with Gasteiger partial charge in [-0.3, -0.25) is 4.72 Å². The van der Waals surface area contributed by atoms with E-state index in [1.165, 1.54) is 12.5 Å². The van der Waals surface area contributed by atoms with Gasteiger partial charge in [0.05, 0.1) is 6.33 Å². The number of aromatic nitrogens is 2. The summed E-state index contributed by atoms with van der Waals surface area (Å²) in [6.07, 6.45) is 2.84. The van der Waals surface area contributed by atoms with E-state index in [2.05, 4.69) is 21.5 Å². The third-order valence-electron chi connectivity index (χ3n) is 2.41. The number of rotatable bonds is 3. The van der Waals surface area contributed by atoms with Crippen LogP contribution in [0.2, 0.25) is 0 Å². The Morgan fingerprint density at radius 3 is 2.60 bits per heavy atom. The lowest BCUT2D eigenvalue weighted by atomic mass is 10.2. The highest BCUT2D eigenvalue weighted by Gasteiger charge is 2.16. The van der Waals surface area contributed by atoms with Crippen molar-refractivity contribution >= 4 is 15.7 Å². The first-order valence-corrected chi connectivity index (χ1v) is 7.20. The Morgan fingerprint density at radius 1 is 1.35 bits per heavy atom. The molecule has 0 saturated heterocycles. The Morgan fingerprint density at radius 2 is 2.05 bits per heavy atom. The molecule has 1 aromatic carbocycles. The van der Waals surface area contributed by atoms with Crippen LogP contribution < -0.4 is 4.72 Å². The van der Waals surface area contributed by atoms with Crippen LogP contribution in [0.15, 0.2) is 41.8 Å². The molecule has 0 amide bonds. The molecule has 2 aromatic rings. The first kappa shape index (κ1) is 14.1. The summed E-state index contributed by atoms with van der Waals surface area (Å²) in [5, 5.41) is 8.55. The van der Waals surface area contributed by atoms with Gasteiger partial charge in [-0.05, 0) is 24.3 Å². The molecule has 0 atom stereocenters. The fraction of sp³-hybridized carbons (Fsp3) is 0.154. The molecule has 104 valence electrons. The summed E-state index contributed by atoms with van der Waals surface area (Å²) < 4.78 is 28.0. The molecule has 0 aliphatic carbocycles. The van der Waals surface area contributed by atoms with Crippen LogP contribution in [0.1, 0.15) is 5.56 Å². The second kappa shape index (κ2) is 5.77. The van der Waals surface area contributed by atoms with Gasteiger partial charge in [0.1, 0.15) is 6.61 Å². The predicted molar refractivity (Wildman–Crippen MR) is 74.4 cm³/mol. The zero-order valence-electron chi connectivity index (χ0n) is 10.7. The molecule has 0 aliphatic rings. The maximum Gasteiger partial charge on any atom is 0.280 e. The van der Waals surface area contributed by atoms with Crippen molar-refractivity contribution in [2.24, 2.45) is 7.05 Å². The van der Waals surface area contributed by atoms with E-state index in [0.29, 0.717) is 11.3 Å². The van der Waals surface area contributed by atoms with E-state index in [0.717, 1.165) is 0 Å². The summed E-state index contributed by atoms with van der Waals surface area (Å²) in [5.74, 6) is 5.24. The van der Waals surface area contributed by atoms with E-state index in [4.69, 9.17) is 5.11 Å². The molecule has 20 heavy (non-hydrogen) atoms. The van der Waals surface area contributed by atoms with Gasteiger partial charge >= 0.3 is 0 Å². The number of aliphatic hydroxyl groups is 1. The SMILES string of the molecule is Cn1cnc(S(=O)(=O)Nc2ccc(C#CCO)cc2)c1. The number of nitrogens with zero attached hydrogens (tertiary/aromatic N) is 2. The lowest BCUT2D eigenvalue weighted by Gasteiger charge is -2.05. The van der Waals surface area contributed by atoms with Crippen molar-refractivity contribution in [2.45, 2.75) is 5.03 Å². The molecule has 1 heterocycles. The van der Waals surface area contributed by atoms with Crippen LogP contribution >= 0.6 is 0 Å². The van der Waals surface area contributed by atoms with Gasteiger partial charge in [-0.25, -0.2) is 4.98 Å². The normalized spacial score (nSPS) is 10.7. The molecule has 0 aliphatic heterocycles. The number of aliphatic hydroxyl groups excluding tert-OH is 1. The van der Waals surface area contributed by atoms with Crippen LogP contribution in [0.4, 0.5) is 5.69 Å². The van der Waals surface area contributed by atoms with Gasteiger partial charge < -0.3 is 9.67 Å². The zero-order valence-corrected chi connectivity index (χ0v) is 11.6. The van der Waals surface area contributed by atoms with Crippen molar-refractivity contribution < 1.29 is 13.5 Å². The average molecular weight is 291 g/mol. The topological polar surface area (TPSA) is 84.2 Å². The molecule has 7 heteroatoms. The van der Waals surface area contributed by atoms with E-state index < -0.39 is 10.0 Å². The van der Waals surface area contributed by atoms with Crippen LogP contribution in [0, 0.1) is 11.8 Å². The van der Waals surface area contributed by atoms with Gasteiger partial charge in [-0.2, -0.15) is 8.42 Å². The first-order chi connectivity index (χ1) is 9.51. The molecule has 0 saturated carbocycles. The number of imidazole rings is 1. The molecular weight excluding hydrogens is 278 g/mol. The van der Waals surface area contributed by atoms with Crippen molar-refractivity contribution in [1.82, 2.24) is 9.55 Å². The van der Waals surface area contributed by atoms with Crippen LogP contribution in [0.5, 0.6) is 0 Å². The Hall–Kier alpha value is -2.30. The lowest BCUT2D eigenvalue weighted by Crippen LogP contribution is -2.13. The molecule has 0 fully saturated rings. The minimum absolute atomic E-state index is 0.0378. The fourth-order valence-corrected chi connectivity index (χ4v) is 2.54. The van der Waals surface area contributed by atoms with Gasteiger partial charge in [0.25, 0.3) is 10.0 Å². The van der Waals surface area contributed by atoms with Gasteiger partial charge in [0, 0.05) is 24.5 Å². The molecule has 2 N–H and O–H groups in total. The summed E-state index contributed by atoms with van der Waals surface area (Å²) >= 11 is 0. The van der Waals surface area contributed by atoms with Gasteiger partial charge in [-0.15, -0.1) is 0 Å². The number of aryl methyl sites for hydroxylation is 1. The molecule has 1 aromatic heterocycles. The summed E-state index contributed by atoms with van der Waals surface area (Å²) in [6, 6.07) is 6.53. The Labute approximate surface area is 117 Å². The molecule has 0 spiro atoms. The van der Waals surface area contributed by atoms with Crippen molar-refractivity contribution in [3.05, 3.63) is 42.4 Å². The van der Waals surface area contributed by atoms with E-state index >= 15 is 0 Å². The van der Waals surface area contributed by atoms with Crippen molar-refractivity contribution in [3.63, 3.8) is 0 Å². The average Bonchev–Trinajstić information content (AvgIpc) is 2.85. The summed E-state index contributed by atoms with van der Waals surface area (Å²) in [5.41, 5.74) is 1.12. The number of anilines is 1. The van der Waals surface area contributed by atoms with Gasteiger partial charge in [0.2, 0.25) is 0 Å². The number of hydrogen-bond acceptors (Lipinski definition) is 4. The molecule has 2 rings (SSSR count). The Bertz CT molecular complexity index is 752. The van der Waals surface area contributed by atoms with Gasteiger partial charge in [-0.1, -0.05) is 11.8 Å². The first-order valence-electron chi connectivity index (χ1n) is 5.72. The molecule has 0 bridgehead atoms. The third-order valence-corrected chi connectivity index (χ3v) is 3.67. The number of nitrogens with one attached hydrogen (secondary N) is 1. The molecule has 6 nitrogen and oxygen atoms in total. The highest BCUT2D eigenvalue weighted by atomic mass is 32.2. The van der Waals surface area contributed by atoms with Gasteiger partial charge in [0.15, 0.2) is 5.03 Å². The fourth-order valence-electron chi connectivity index (χ4n) is 1.50. The molecular formula is C13H13N3O3S. The summed E-state index contributed by atoms with van der Waals surface area (Å²) in [7, 11) is -1.99. The van der Waals surface area contributed by atoms with Crippen molar-refractivity contribution in [3.8, 4) is 11.8 Å².